The highest BCUT2D eigenvalue weighted by Gasteiger charge is 2.25. The van der Waals surface area contributed by atoms with Crippen LogP contribution in [-0.4, -0.2) is 45.9 Å². The molecule has 1 aromatic heterocycles. The maximum Gasteiger partial charge on any atom is 0.319 e. The van der Waals surface area contributed by atoms with Crippen molar-refractivity contribution in [2.45, 2.75) is 27.3 Å². The summed E-state index contributed by atoms with van der Waals surface area (Å²) in [5.41, 5.74) is 8.67. The number of carbonyl (C=O) groups is 1. The molecule has 1 heterocycles. The second kappa shape index (κ2) is 13.3. The van der Waals surface area contributed by atoms with Crippen LogP contribution in [0, 0.1) is 12.3 Å². The number of carbonyl (C=O) groups excluding carboxylic acids is 1. The summed E-state index contributed by atoms with van der Waals surface area (Å²) in [5, 5.41) is 13.3. The van der Waals surface area contributed by atoms with E-state index in [1.807, 2.05) is 25.1 Å². The SMILES string of the molecule is COOSCCCNC(=O)Nc1ccc(-c2cccc(S(=O)(=O)c3cc(C(=N)N)sc3SC)c2)c(C)c1. The van der Waals surface area contributed by atoms with Gasteiger partial charge in [0.2, 0.25) is 9.84 Å². The summed E-state index contributed by atoms with van der Waals surface area (Å²) in [6.45, 7) is 2.39. The van der Waals surface area contributed by atoms with Gasteiger partial charge in [-0.15, -0.1) is 23.1 Å². The summed E-state index contributed by atoms with van der Waals surface area (Å²) in [7, 11) is -2.39. The summed E-state index contributed by atoms with van der Waals surface area (Å²) in [5.74, 6) is 0.517. The fraction of sp³-hybridized carbons (Fsp3) is 0.250. The number of rotatable bonds is 12. The Labute approximate surface area is 229 Å². The predicted octanol–water partition coefficient (Wildman–Crippen LogP) is 5.30. The fourth-order valence-electron chi connectivity index (χ4n) is 3.43. The molecule has 3 aromatic rings. The number of benzene rings is 2. The minimum Gasteiger partial charge on any atom is -0.383 e. The van der Waals surface area contributed by atoms with Gasteiger partial charge < -0.3 is 16.4 Å². The van der Waals surface area contributed by atoms with Crippen LogP contribution < -0.4 is 16.4 Å². The molecule has 37 heavy (non-hydrogen) atoms. The first kappa shape index (κ1) is 29.0. The Bertz CT molecular complexity index is 1380. The monoisotopic (exact) mass is 580 g/mol. The largest absolute Gasteiger partial charge is 0.383 e. The molecule has 0 saturated carbocycles. The van der Waals surface area contributed by atoms with Crippen LogP contribution in [0.15, 0.2) is 62.5 Å². The lowest BCUT2D eigenvalue weighted by Gasteiger charge is -2.12. The van der Waals surface area contributed by atoms with E-state index in [0.29, 0.717) is 27.1 Å². The zero-order valence-electron chi connectivity index (χ0n) is 20.5. The highest BCUT2D eigenvalue weighted by atomic mass is 32.2. The Morgan fingerprint density at radius 1 is 1.19 bits per heavy atom. The van der Waals surface area contributed by atoms with Crippen LogP contribution in [0.4, 0.5) is 10.5 Å². The molecule has 198 valence electrons. The van der Waals surface area contributed by atoms with Crippen LogP contribution >= 0.6 is 35.1 Å². The summed E-state index contributed by atoms with van der Waals surface area (Å²) in [6.07, 6.45) is 2.51. The molecule has 2 amide bonds. The fourth-order valence-corrected chi connectivity index (χ4v) is 7.76. The van der Waals surface area contributed by atoms with Gasteiger partial charge in [-0.3, -0.25) is 5.41 Å². The lowest BCUT2D eigenvalue weighted by Crippen LogP contribution is -2.29. The van der Waals surface area contributed by atoms with E-state index in [1.54, 1.807) is 30.5 Å². The third-order valence-electron chi connectivity index (χ3n) is 5.15. The molecule has 0 aliphatic rings. The number of nitrogen functional groups attached to an aromatic ring is 1. The molecule has 0 bridgehead atoms. The molecular weight excluding hydrogens is 553 g/mol. The number of amidine groups is 1. The molecular formula is C24H28N4O5S4. The first-order valence-corrected chi connectivity index (χ1v) is 15.5. The van der Waals surface area contributed by atoms with Crippen molar-refractivity contribution in [2.75, 3.05) is 31.0 Å². The average Bonchev–Trinajstić information content (AvgIpc) is 3.32. The van der Waals surface area contributed by atoms with E-state index in [2.05, 4.69) is 15.5 Å². The van der Waals surface area contributed by atoms with Crippen LogP contribution in [0.25, 0.3) is 11.1 Å². The number of nitrogens with two attached hydrogens (primary N) is 1. The molecule has 0 aliphatic carbocycles. The summed E-state index contributed by atoms with van der Waals surface area (Å²) < 4.78 is 32.2. The van der Waals surface area contributed by atoms with Crippen LogP contribution in [0.3, 0.4) is 0 Å². The van der Waals surface area contributed by atoms with E-state index in [9.17, 15) is 13.2 Å². The molecule has 5 N–H and O–H groups in total. The normalized spacial score (nSPS) is 11.3. The predicted molar refractivity (Wildman–Crippen MR) is 151 cm³/mol. The Morgan fingerprint density at radius 3 is 2.65 bits per heavy atom. The maximum absolute atomic E-state index is 13.5. The van der Waals surface area contributed by atoms with Gasteiger partial charge in [0, 0.05) is 30.0 Å². The first-order valence-electron chi connectivity index (χ1n) is 11.0. The van der Waals surface area contributed by atoms with Crippen molar-refractivity contribution in [3.63, 3.8) is 0 Å². The molecule has 13 heteroatoms. The van der Waals surface area contributed by atoms with Crippen LogP contribution in [0.2, 0.25) is 0 Å². The average molecular weight is 581 g/mol. The van der Waals surface area contributed by atoms with Gasteiger partial charge in [-0.1, -0.05) is 18.2 Å². The maximum atomic E-state index is 13.5. The molecule has 9 nitrogen and oxygen atoms in total. The van der Waals surface area contributed by atoms with Gasteiger partial charge in [0.15, 0.2) is 0 Å². The summed E-state index contributed by atoms with van der Waals surface area (Å²) >= 11 is 3.67. The highest BCUT2D eigenvalue weighted by molar-refractivity contribution is 8.01. The lowest BCUT2D eigenvalue weighted by atomic mass is 10.00. The van der Waals surface area contributed by atoms with E-state index in [4.69, 9.17) is 15.5 Å². The molecule has 0 unspecified atom stereocenters. The smallest absolute Gasteiger partial charge is 0.319 e. The van der Waals surface area contributed by atoms with Crippen molar-refractivity contribution < 1.29 is 22.4 Å². The number of thioether (sulfide) groups is 1. The van der Waals surface area contributed by atoms with Gasteiger partial charge in [0.25, 0.3) is 0 Å². The number of urea groups is 1. The highest BCUT2D eigenvalue weighted by Crippen LogP contribution is 2.38. The lowest BCUT2D eigenvalue weighted by molar-refractivity contribution is -0.160. The summed E-state index contributed by atoms with van der Waals surface area (Å²) in [4.78, 5) is 17.4. The zero-order valence-corrected chi connectivity index (χ0v) is 23.8. The Morgan fingerprint density at radius 2 is 1.97 bits per heavy atom. The van der Waals surface area contributed by atoms with E-state index in [1.165, 1.54) is 48.3 Å². The molecule has 0 saturated heterocycles. The van der Waals surface area contributed by atoms with Gasteiger partial charge in [-0.05, 0) is 66.6 Å². The Kier molecular flexibility index (Phi) is 10.4. The number of sulfone groups is 1. The van der Waals surface area contributed by atoms with Crippen molar-refractivity contribution in [1.82, 2.24) is 5.32 Å². The zero-order chi connectivity index (χ0) is 27.0. The molecule has 0 fully saturated rings. The van der Waals surface area contributed by atoms with Gasteiger partial charge in [0.1, 0.15) is 5.84 Å². The number of hydrogen-bond donors (Lipinski definition) is 4. The number of aryl methyl sites for hydroxylation is 1. The number of anilines is 1. The Hall–Kier alpha value is -2.55. The molecule has 2 aromatic carbocycles. The minimum absolute atomic E-state index is 0.152. The molecule has 0 aliphatic heterocycles. The second-order valence-corrected chi connectivity index (χ2v) is 12.6. The van der Waals surface area contributed by atoms with E-state index in [0.717, 1.165) is 23.1 Å². The van der Waals surface area contributed by atoms with Crippen LogP contribution in [0.5, 0.6) is 0 Å². The van der Waals surface area contributed by atoms with Crippen LogP contribution in [-0.2, 0) is 19.1 Å². The topological polar surface area (TPSA) is 144 Å². The standard InChI is InChI=1S/C24H28N4O5S4/c1-15-12-17(28-24(29)27-10-5-11-35-33-32-2)8-9-19(15)16-6-4-7-18(13-16)37(30,31)21-14-20(22(25)26)36-23(21)34-3/h4,6-9,12-14H,5,10-11H2,1-3H3,(H3,25,26)(H2,27,28,29). The number of amides is 2. The molecule has 0 spiro atoms. The van der Waals surface area contributed by atoms with E-state index >= 15 is 0 Å². The van der Waals surface area contributed by atoms with Gasteiger partial charge in [0.05, 0.1) is 26.0 Å². The van der Waals surface area contributed by atoms with Gasteiger partial charge in [-0.2, -0.15) is 4.33 Å². The van der Waals surface area contributed by atoms with Gasteiger partial charge >= 0.3 is 6.03 Å². The van der Waals surface area contributed by atoms with E-state index in [-0.39, 0.29) is 21.7 Å². The number of hydrogen-bond acceptors (Lipinski definition) is 9. The van der Waals surface area contributed by atoms with E-state index < -0.39 is 9.84 Å². The number of nitrogens with one attached hydrogen (secondary N) is 3. The van der Waals surface area contributed by atoms with Gasteiger partial charge in [-0.25, -0.2) is 18.1 Å². The minimum atomic E-state index is -3.82. The molecule has 0 atom stereocenters. The van der Waals surface area contributed by atoms with Crippen molar-refractivity contribution in [3.05, 3.63) is 59.0 Å². The van der Waals surface area contributed by atoms with Crippen molar-refractivity contribution in [3.8, 4) is 11.1 Å². The number of thiophene rings is 1. The van der Waals surface area contributed by atoms with Crippen molar-refractivity contribution in [2.24, 2.45) is 5.73 Å². The van der Waals surface area contributed by atoms with Crippen LogP contribution in [0.1, 0.15) is 16.9 Å². The first-order chi connectivity index (χ1) is 17.7. The summed E-state index contributed by atoms with van der Waals surface area (Å²) in [6, 6.07) is 13.3. The van der Waals surface area contributed by atoms with Crippen molar-refractivity contribution in [1.29, 1.82) is 5.41 Å². The third kappa shape index (κ3) is 7.49. The third-order valence-corrected chi connectivity index (χ3v) is 10.2. The Balaban J connectivity index is 1.76. The molecule has 3 rings (SSSR count). The molecule has 0 radical (unpaired) electrons. The van der Waals surface area contributed by atoms with Crippen molar-refractivity contribution >= 4 is 62.5 Å². The quantitative estimate of drug-likeness (QED) is 0.0430. The second-order valence-electron chi connectivity index (χ2n) is 7.73.